The molecule has 0 unspecified atom stereocenters. The number of ether oxygens (including phenoxy) is 1. The van der Waals surface area contributed by atoms with Gasteiger partial charge in [0.1, 0.15) is 6.61 Å². The summed E-state index contributed by atoms with van der Waals surface area (Å²) < 4.78 is 5.21. The summed E-state index contributed by atoms with van der Waals surface area (Å²) in [6, 6.07) is 6.53. The minimum Gasteiger partial charge on any atom is -0.457 e. The molecule has 1 aromatic carbocycles. The van der Waals surface area contributed by atoms with Crippen molar-refractivity contribution in [2.45, 2.75) is 13.5 Å². The van der Waals surface area contributed by atoms with Gasteiger partial charge in [0.25, 0.3) is 0 Å². The maximum Gasteiger partial charge on any atom is 0.340 e. The Bertz CT molecular complexity index is 660. The molecule has 0 spiro atoms. The van der Waals surface area contributed by atoms with Crippen LogP contribution in [0.5, 0.6) is 0 Å². The lowest BCUT2D eigenvalue weighted by atomic mass is 10.2. The average molecular weight is 311 g/mol. The van der Waals surface area contributed by atoms with E-state index in [1.54, 1.807) is 25.1 Å². The van der Waals surface area contributed by atoms with Crippen LogP contribution in [0, 0.1) is 6.92 Å². The molecule has 104 valence electrons. The van der Waals surface area contributed by atoms with Crippen molar-refractivity contribution in [2.75, 3.05) is 5.73 Å². The van der Waals surface area contributed by atoms with Crippen LogP contribution in [0.15, 0.2) is 30.5 Å². The highest BCUT2D eigenvalue weighted by Gasteiger charge is 2.13. The number of esters is 1. The van der Waals surface area contributed by atoms with Crippen molar-refractivity contribution in [2.24, 2.45) is 0 Å². The first kappa shape index (κ1) is 14.6. The third kappa shape index (κ3) is 3.40. The van der Waals surface area contributed by atoms with Crippen molar-refractivity contribution >= 4 is 34.9 Å². The molecule has 0 saturated heterocycles. The smallest absolute Gasteiger partial charge is 0.340 e. The monoisotopic (exact) mass is 310 g/mol. The van der Waals surface area contributed by atoms with Gasteiger partial charge in [0, 0.05) is 15.6 Å². The van der Waals surface area contributed by atoms with Gasteiger partial charge in [0.2, 0.25) is 0 Å². The van der Waals surface area contributed by atoms with E-state index in [1.165, 1.54) is 12.3 Å². The fourth-order valence-electron chi connectivity index (χ4n) is 1.62. The number of pyridine rings is 1. The summed E-state index contributed by atoms with van der Waals surface area (Å²) in [4.78, 5) is 16.0. The number of carbonyl (C=O) groups excluding carboxylic acids is 1. The molecule has 0 aliphatic heterocycles. The maximum absolute atomic E-state index is 12.0. The van der Waals surface area contributed by atoms with Crippen LogP contribution >= 0.6 is 23.2 Å². The Morgan fingerprint density at radius 3 is 2.80 bits per heavy atom. The van der Waals surface area contributed by atoms with Gasteiger partial charge in [-0.2, -0.15) is 0 Å². The summed E-state index contributed by atoms with van der Waals surface area (Å²) in [5.41, 5.74) is 7.60. The highest BCUT2D eigenvalue weighted by atomic mass is 35.5. The number of hydrogen-bond donors (Lipinski definition) is 1. The number of rotatable bonds is 3. The second-order valence-electron chi connectivity index (χ2n) is 4.21. The molecule has 0 atom stereocenters. The Morgan fingerprint density at radius 2 is 2.10 bits per heavy atom. The van der Waals surface area contributed by atoms with E-state index in [9.17, 15) is 4.79 Å². The van der Waals surface area contributed by atoms with Gasteiger partial charge in [-0.3, -0.25) is 4.98 Å². The van der Waals surface area contributed by atoms with Crippen LogP contribution < -0.4 is 5.73 Å². The molecular weight excluding hydrogens is 299 g/mol. The molecule has 0 saturated carbocycles. The molecule has 6 heteroatoms. The Morgan fingerprint density at radius 1 is 1.35 bits per heavy atom. The first-order chi connectivity index (χ1) is 9.47. The van der Waals surface area contributed by atoms with Crippen molar-refractivity contribution in [3.8, 4) is 0 Å². The third-order valence-electron chi connectivity index (χ3n) is 2.70. The summed E-state index contributed by atoms with van der Waals surface area (Å²) in [6.07, 6.45) is 1.49. The van der Waals surface area contributed by atoms with E-state index in [2.05, 4.69) is 4.98 Å². The lowest BCUT2D eigenvalue weighted by Gasteiger charge is -2.08. The first-order valence-corrected chi connectivity index (χ1v) is 6.56. The maximum atomic E-state index is 12.0. The number of hydrogen-bond acceptors (Lipinski definition) is 4. The normalized spacial score (nSPS) is 10.3. The minimum atomic E-state index is -0.492. The molecule has 20 heavy (non-hydrogen) atoms. The number of anilines is 1. The molecule has 2 aromatic rings. The van der Waals surface area contributed by atoms with Crippen LogP contribution in [0.25, 0.3) is 0 Å². The van der Waals surface area contributed by atoms with Crippen molar-refractivity contribution in [1.29, 1.82) is 0 Å². The summed E-state index contributed by atoms with van der Waals surface area (Å²) in [6.45, 7) is 1.77. The van der Waals surface area contributed by atoms with Crippen molar-refractivity contribution in [1.82, 2.24) is 4.98 Å². The fourth-order valence-corrected chi connectivity index (χ4v) is 2.08. The molecule has 0 aliphatic rings. The predicted molar refractivity (Wildman–Crippen MR) is 79.0 cm³/mol. The number of aromatic nitrogens is 1. The molecule has 1 heterocycles. The summed E-state index contributed by atoms with van der Waals surface area (Å²) in [5, 5.41) is 0.980. The standard InChI is InChI=1S/C14H12Cl2N2O2/c1-8-12(5-11(17)6-18-8)14(19)20-7-9-2-3-10(15)4-13(9)16/h2-6H,7,17H2,1H3. The molecule has 0 bridgehead atoms. The van der Waals surface area contributed by atoms with Gasteiger partial charge in [-0.1, -0.05) is 29.3 Å². The molecule has 4 nitrogen and oxygen atoms in total. The van der Waals surface area contributed by atoms with Crippen LogP contribution in [-0.2, 0) is 11.3 Å². The zero-order valence-corrected chi connectivity index (χ0v) is 12.2. The van der Waals surface area contributed by atoms with E-state index in [0.717, 1.165) is 0 Å². The van der Waals surface area contributed by atoms with Gasteiger partial charge >= 0.3 is 5.97 Å². The zero-order valence-electron chi connectivity index (χ0n) is 10.7. The zero-order chi connectivity index (χ0) is 14.7. The number of halogens is 2. The van der Waals surface area contributed by atoms with Crippen LogP contribution in [-0.4, -0.2) is 11.0 Å². The van der Waals surface area contributed by atoms with Crippen LogP contribution in [0.2, 0.25) is 10.0 Å². The minimum absolute atomic E-state index is 0.0586. The van der Waals surface area contributed by atoms with Crippen molar-refractivity contribution < 1.29 is 9.53 Å². The molecular formula is C14H12Cl2N2O2. The van der Waals surface area contributed by atoms with Gasteiger partial charge in [-0.05, 0) is 25.1 Å². The first-order valence-electron chi connectivity index (χ1n) is 5.80. The SMILES string of the molecule is Cc1ncc(N)cc1C(=O)OCc1ccc(Cl)cc1Cl. The molecule has 0 fully saturated rings. The number of carbonyl (C=O) groups is 1. The van der Waals surface area contributed by atoms with Crippen LogP contribution in [0.3, 0.4) is 0 Å². The quantitative estimate of drug-likeness (QED) is 0.879. The Hall–Kier alpha value is -1.78. The highest BCUT2D eigenvalue weighted by Crippen LogP contribution is 2.22. The molecule has 0 radical (unpaired) electrons. The second kappa shape index (κ2) is 6.11. The number of nitrogen functional groups attached to an aromatic ring is 1. The molecule has 1 aromatic heterocycles. The average Bonchev–Trinajstić information content (AvgIpc) is 2.40. The van der Waals surface area contributed by atoms with Crippen molar-refractivity contribution in [3.05, 3.63) is 57.3 Å². The largest absolute Gasteiger partial charge is 0.457 e. The van der Waals surface area contributed by atoms with Gasteiger partial charge in [0.15, 0.2) is 0 Å². The topological polar surface area (TPSA) is 65.2 Å². The van der Waals surface area contributed by atoms with Gasteiger partial charge in [0.05, 0.1) is 23.1 Å². The molecule has 0 aliphatic carbocycles. The predicted octanol–water partition coefficient (Wildman–Crippen LogP) is 3.64. The lowest BCUT2D eigenvalue weighted by molar-refractivity contribution is 0.0471. The number of benzene rings is 1. The van der Waals surface area contributed by atoms with E-state index >= 15 is 0 Å². The third-order valence-corrected chi connectivity index (χ3v) is 3.29. The lowest BCUT2D eigenvalue weighted by Crippen LogP contribution is -2.09. The van der Waals surface area contributed by atoms with Gasteiger partial charge in [-0.15, -0.1) is 0 Å². The van der Waals surface area contributed by atoms with Gasteiger partial charge in [-0.25, -0.2) is 4.79 Å². The van der Waals surface area contributed by atoms with Crippen LogP contribution in [0.4, 0.5) is 5.69 Å². The summed E-state index contributed by atoms with van der Waals surface area (Å²) in [5.74, 6) is -0.492. The van der Waals surface area contributed by atoms with E-state index in [1.807, 2.05) is 0 Å². The summed E-state index contributed by atoms with van der Waals surface area (Å²) in [7, 11) is 0. The molecule has 0 amide bonds. The molecule has 2 N–H and O–H groups in total. The Labute approximate surface area is 126 Å². The van der Waals surface area contributed by atoms with Gasteiger partial charge < -0.3 is 10.5 Å². The number of aryl methyl sites for hydroxylation is 1. The van der Waals surface area contributed by atoms with E-state index < -0.39 is 5.97 Å². The van der Waals surface area contributed by atoms with E-state index in [4.69, 9.17) is 33.7 Å². The summed E-state index contributed by atoms with van der Waals surface area (Å²) >= 11 is 11.8. The fraction of sp³-hybridized carbons (Fsp3) is 0.143. The van der Waals surface area contributed by atoms with E-state index in [-0.39, 0.29) is 6.61 Å². The van der Waals surface area contributed by atoms with Crippen molar-refractivity contribution in [3.63, 3.8) is 0 Å². The van der Waals surface area contributed by atoms with E-state index in [0.29, 0.717) is 32.6 Å². The molecule has 2 rings (SSSR count). The highest BCUT2D eigenvalue weighted by molar-refractivity contribution is 6.35. The Balaban J connectivity index is 2.10. The number of nitrogens with two attached hydrogens (primary N) is 1. The Kier molecular flexibility index (Phi) is 4.47. The second-order valence-corrected chi connectivity index (χ2v) is 5.06. The number of nitrogens with zero attached hydrogens (tertiary/aromatic N) is 1. The van der Waals surface area contributed by atoms with Crippen LogP contribution in [0.1, 0.15) is 21.6 Å².